The second-order valence-electron chi connectivity index (χ2n) is 14.5. The fraction of sp³-hybridized carbons (Fsp3) is 0.385. The van der Waals surface area contributed by atoms with E-state index in [4.69, 9.17) is 12.9 Å². The van der Waals surface area contributed by atoms with Crippen molar-refractivity contribution in [2.24, 2.45) is 0 Å². The third-order valence-corrected chi connectivity index (χ3v) is 13.2. The topological polar surface area (TPSA) is 35.5 Å². The van der Waals surface area contributed by atoms with Crippen molar-refractivity contribution in [3.8, 4) is 0 Å². The number of rotatable bonds is 5. The summed E-state index contributed by atoms with van der Waals surface area (Å²) in [6.07, 6.45) is 2.98. The average Bonchev–Trinajstić information content (AvgIpc) is 3.34. The van der Waals surface area contributed by atoms with Crippen LogP contribution in [0.25, 0.3) is 21.9 Å². The molecule has 1 aliphatic heterocycles. The van der Waals surface area contributed by atoms with Crippen LogP contribution in [0.5, 0.6) is 0 Å². The fourth-order valence-electron chi connectivity index (χ4n) is 6.70. The van der Waals surface area contributed by atoms with Crippen LogP contribution in [-0.4, -0.2) is 6.35 Å². The number of aryl methyl sites for hydroxylation is 2. The van der Waals surface area contributed by atoms with Crippen LogP contribution in [0.15, 0.2) is 93.3 Å². The summed E-state index contributed by atoms with van der Waals surface area (Å²) in [5.41, 5.74) is 10.2. The summed E-state index contributed by atoms with van der Waals surface area (Å²) >= 11 is 0. The molecule has 2 heterocycles. The summed E-state index contributed by atoms with van der Waals surface area (Å²) in [5, 5.41) is 2.20. The van der Waals surface area contributed by atoms with Gasteiger partial charge in [0.2, 0.25) is 0 Å². The van der Waals surface area contributed by atoms with Crippen LogP contribution in [0.4, 0.5) is 0 Å². The SMILES string of the molecule is Cc1cc(C(C)(C)C)c2op(OCP3[C@@H](c4ccccc4)CC[C@H]3c3ccccc3)oc3c(C(C)(C)C)cc(C)cc3c2c1. The molecule has 3 nitrogen and oxygen atoms in total. The predicted molar refractivity (Wildman–Crippen MR) is 189 cm³/mol. The first-order valence-corrected chi connectivity index (χ1v) is 18.6. The largest absolute Gasteiger partial charge is 0.399 e. The summed E-state index contributed by atoms with van der Waals surface area (Å²) in [5.74, 6) is 0. The Balaban J connectivity index is 1.53. The van der Waals surface area contributed by atoms with Gasteiger partial charge in [0.15, 0.2) is 0 Å². The van der Waals surface area contributed by atoms with Crippen molar-refractivity contribution in [2.75, 3.05) is 6.35 Å². The maximum atomic E-state index is 6.93. The lowest BCUT2D eigenvalue weighted by atomic mass is 9.83. The van der Waals surface area contributed by atoms with E-state index in [0.717, 1.165) is 21.9 Å². The van der Waals surface area contributed by atoms with E-state index in [1.807, 2.05) is 0 Å². The lowest BCUT2D eigenvalue weighted by Gasteiger charge is -2.26. The molecule has 6 rings (SSSR count). The minimum absolute atomic E-state index is 0.107. The molecule has 1 fully saturated rings. The summed E-state index contributed by atoms with van der Waals surface area (Å²) in [7, 11) is -2.22. The molecule has 0 N–H and O–H groups in total. The third kappa shape index (κ3) is 6.30. The van der Waals surface area contributed by atoms with Crippen molar-refractivity contribution in [1.82, 2.24) is 0 Å². The van der Waals surface area contributed by atoms with Crippen molar-refractivity contribution in [3.63, 3.8) is 0 Å². The van der Waals surface area contributed by atoms with E-state index in [-0.39, 0.29) is 10.8 Å². The van der Waals surface area contributed by atoms with Crippen molar-refractivity contribution < 1.29 is 12.9 Å². The maximum absolute atomic E-state index is 6.93. The number of benzene rings is 4. The van der Waals surface area contributed by atoms with Crippen molar-refractivity contribution in [3.05, 3.63) is 118 Å². The van der Waals surface area contributed by atoms with Gasteiger partial charge in [-0.15, -0.1) is 0 Å². The second-order valence-corrected chi connectivity index (χ2v) is 18.1. The third-order valence-electron chi connectivity index (χ3n) is 8.90. The van der Waals surface area contributed by atoms with Crippen LogP contribution in [0.1, 0.15) is 99.1 Å². The number of hydrogen-bond acceptors (Lipinski definition) is 3. The smallest absolute Gasteiger partial charge is 0.387 e. The van der Waals surface area contributed by atoms with Gasteiger partial charge in [0.25, 0.3) is 0 Å². The first kappa shape index (κ1) is 31.2. The van der Waals surface area contributed by atoms with Crippen LogP contribution < -0.4 is 4.52 Å². The molecule has 1 saturated heterocycles. The van der Waals surface area contributed by atoms with Crippen LogP contribution in [0.2, 0.25) is 0 Å². The summed E-state index contributed by atoms with van der Waals surface area (Å²) < 4.78 is 20.8. The van der Waals surface area contributed by atoms with Crippen LogP contribution in [0, 0.1) is 13.8 Å². The molecule has 0 saturated carbocycles. The molecule has 0 aliphatic carbocycles. The van der Waals surface area contributed by atoms with Gasteiger partial charge in [-0.05, 0) is 71.9 Å². The van der Waals surface area contributed by atoms with E-state index in [2.05, 4.69) is 140 Å². The zero-order valence-electron chi connectivity index (χ0n) is 27.5. The highest BCUT2D eigenvalue weighted by Crippen LogP contribution is 2.70. The minimum atomic E-state index is -1.69. The molecule has 4 aromatic carbocycles. The van der Waals surface area contributed by atoms with Crippen LogP contribution in [-0.2, 0) is 10.8 Å². The second kappa shape index (κ2) is 12.2. The number of fused-ring (bicyclic) bond motifs is 3. The van der Waals surface area contributed by atoms with E-state index >= 15 is 0 Å². The zero-order valence-corrected chi connectivity index (χ0v) is 29.3. The van der Waals surface area contributed by atoms with Gasteiger partial charge in [-0.1, -0.05) is 122 Å². The summed E-state index contributed by atoms with van der Waals surface area (Å²) in [4.78, 5) is 0. The van der Waals surface area contributed by atoms with Crippen LogP contribution in [0.3, 0.4) is 0 Å². The van der Waals surface area contributed by atoms with Crippen LogP contribution >= 0.6 is 16.2 Å². The Hall–Kier alpha value is -2.83. The van der Waals surface area contributed by atoms with E-state index < -0.39 is 16.2 Å². The lowest BCUT2D eigenvalue weighted by Crippen LogP contribution is -2.12. The van der Waals surface area contributed by atoms with E-state index in [1.54, 1.807) is 0 Å². The van der Waals surface area contributed by atoms with Gasteiger partial charge in [-0.2, -0.15) is 0 Å². The molecule has 1 unspecified atom stereocenters. The molecule has 44 heavy (non-hydrogen) atoms. The molecule has 5 heteroatoms. The monoisotopic (exact) mass is 624 g/mol. The zero-order chi connectivity index (χ0) is 31.2. The lowest BCUT2D eigenvalue weighted by molar-refractivity contribution is 0.430. The molecule has 1 aliphatic rings. The van der Waals surface area contributed by atoms with E-state index in [9.17, 15) is 0 Å². The standard InChI is InChI=1S/C39H46O3P2/c1-26-21-30-31-22-27(2)24-33(39(6,7)8)37(31)42-44(41-36(30)32(23-26)38(3,4)5)40-25-43-34(28-15-11-9-12-16-28)19-20-35(43)29-17-13-10-14-18-29/h9-18,21-24,34-35H,19-20,25H2,1-8H3/t34-,35+,43?. The molecule has 230 valence electrons. The van der Waals surface area contributed by atoms with Gasteiger partial charge in [-0.25, -0.2) is 0 Å². The van der Waals surface area contributed by atoms with Crippen molar-refractivity contribution in [2.45, 2.75) is 90.4 Å². The van der Waals surface area contributed by atoms with Gasteiger partial charge in [0.05, 0.1) is 6.35 Å². The molecule has 0 bridgehead atoms. The average molecular weight is 625 g/mol. The minimum Gasteiger partial charge on any atom is -0.399 e. The quantitative estimate of drug-likeness (QED) is 0.183. The first-order chi connectivity index (χ1) is 20.9. The predicted octanol–water partition coefficient (Wildman–Crippen LogP) is 12.6. The molecule has 0 spiro atoms. The summed E-state index contributed by atoms with van der Waals surface area (Å²) in [6, 6.07) is 31.1. The molecule has 0 amide bonds. The molecule has 1 aromatic heterocycles. The van der Waals surface area contributed by atoms with Gasteiger partial charge in [-0.3, -0.25) is 4.52 Å². The molecule has 0 radical (unpaired) electrons. The first-order valence-electron chi connectivity index (χ1n) is 15.9. The van der Waals surface area contributed by atoms with Gasteiger partial charge in [0, 0.05) is 33.2 Å². The maximum Gasteiger partial charge on any atom is 0.387 e. The van der Waals surface area contributed by atoms with E-state index in [1.165, 1.54) is 46.2 Å². The van der Waals surface area contributed by atoms with Crippen molar-refractivity contribution in [1.29, 1.82) is 0 Å². The highest BCUT2D eigenvalue weighted by molar-refractivity contribution is 7.59. The number of hydrogen-bond donors (Lipinski definition) is 0. The highest BCUT2D eigenvalue weighted by Gasteiger charge is 2.38. The normalized spacial score (nSPS) is 19.1. The molecular weight excluding hydrogens is 578 g/mol. The van der Waals surface area contributed by atoms with Gasteiger partial charge in [0.1, 0.15) is 11.2 Å². The fourth-order valence-corrected chi connectivity index (χ4v) is 11.3. The Morgan fingerprint density at radius 2 is 1.05 bits per heavy atom. The Kier molecular flexibility index (Phi) is 8.62. The van der Waals surface area contributed by atoms with Gasteiger partial charge < -0.3 is 8.39 Å². The molecule has 3 atom stereocenters. The Morgan fingerprint density at radius 3 is 1.43 bits per heavy atom. The van der Waals surface area contributed by atoms with E-state index in [0.29, 0.717) is 17.7 Å². The molecular formula is C39H46O3P2. The Bertz CT molecular complexity index is 1680. The Morgan fingerprint density at radius 1 is 0.636 bits per heavy atom. The summed E-state index contributed by atoms with van der Waals surface area (Å²) in [6.45, 7) is 17.9. The molecule has 5 aromatic rings. The van der Waals surface area contributed by atoms with Gasteiger partial charge >= 0.3 is 8.24 Å². The Labute approximate surface area is 265 Å². The van der Waals surface area contributed by atoms with Crippen molar-refractivity contribution >= 4 is 38.1 Å². The highest BCUT2D eigenvalue weighted by atomic mass is 31.1.